The number of aliphatic hydroxyl groups excluding tert-OH is 1. The van der Waals surface area contributed by atoms with Gasteiger partial charge in [-0.3, -0.25) is 9.89 Å². The zero-order chi connectivity index (χ0) is 25.4. The molecular weight excluding hydrogens is 466 g/mol. The van der Waals surface area contributed by atoms with Crippen molar-refractivity contribution in [2.24, 2.45) is 5.92 Å². The van der Waals surface area contributed by atoms with Gasteiger partial charge in [0.25, 0.3) is 0 Å². The number of nitrogens with one attached hydrogen (secondary N) is 2. The lowest BCUT2D eigenvalue weighted by Gasteiger charge is -2.35. The third-order valence-corrected chi connectivity index (χ3v) is 7.93. The Morgan fingerprint density at radius 3 is 2.62 bits per heavy atom. The molecule has 2 aliphatic rings. The van der Waals surface area contributed by atoms with Crippen molar-refractivity contribution >= 4 is 22.8 Å². The first-order chi connectivity index (χ1) is 18.1. The highest BCUT2D eigenvalue weighted by Crippen LogP contribution is 2.32. The van der Waals surface area contributed by atoms with E-state index in [2.05, 4.69) is 49.3 Å². The predicted octanol–water partition coefficient (Wildman–Crippen LogP) is 4.07. The molecule has 0 bridgehead atoms. The molecule has 1 aromatic carbocycles. The maximum absolute atomic E-state index is 12.9. The maximum atomic E-state index is 12.9. The van der Waals surface area contributed by atoms with E-state index in [0.717, 1.165) is 59.2 Å². The Morgan fingerprint density at radius 1 is 1.05 bits per heavy atom. The third-order valence-electron chi connectivity index (χ3n) is 7.93. The fraction of sp³-hybridized carbons (Fsp3) is 0.429. The molecule has 9 nitrogen and oxygen atoms in total. The summed E-state index contributed by atoms with van der Waals surface area (Å²) in [7, 11) is 0. The number of H-pyrrole nitrogens is 1. The molecule has 0 atom stereocenters. The standard InChI is InChI=1S/C28H33N7O2/c1-18-24(17-30-33-18)22-3-2-4-25-23(22)12-16-35(25)26-9-13-29-28(32-26)31-20-7-5-19(6-8-20)27(37)34-14-10-21(36)11-15-34/h2-4,9,12-13,16-17,19-21,36H,5-8,10-11,14-15H2,1H3,(H,30,33)(H,29,31,32)/t19-,20-. The number of nitrogens with zero attached hydrogens (tertiary/aromatic N) is 5. The number of likely N-dealkylation sites (tertiary alicyclic amines) is 1. The Labute approximate surface area is 215 Å². The van der Waals surface area contributed by atoms with Gasteiger partial charge >= 0.3 is 0 Å². The minimum absolute atomic E-state index is 0.0832. The second-order valence-electron chi connectivity index (χ2n) is 10.3. The van der Waals surface area contributed by atoms with Crippen LogP contribution in [0.5, 0.6) is 0 Å². The topological polar surface area (TPSA) is 112 Å². The van der Waals surface area contributed by atoms with E-state index in [1.54, 1.807) is 6.20 Å². The number of rotatable bonds is 5. The van der Waals surface area contributed by atoms with Crippen molar-refractivity contribution in [3.05, 3.63) is 54.6 Å². The average Bonchev–Trinajstić information content (AvgIpc) is 3.55. The molecular formula is C28H33N7O2. The largest absolute Gasteiger partial charge is 0.393 e. The van der Waals surface area contributed by atoms with Gasteiger partial charge in [-0.2, -0.15) is 10.1 Å². The summed E-state index contributed by atoms with van der Waals surface area (Å²) in [6.45, 7) is 3.36. The van der Waals surface area contributed by atoms with E-state index in [9.17, 15) is 9.90 Å². The molecule has 0 unspecified atom stereocenters. The molecule has 1 amide bonds. The zero-order valence-corrected chi connectivity index (χ0v) is 21.1. The lowest BCUT2D eigenvalue weighted by atomic mass is 9.85. The first kappa shape index (κ1) is 23.7. The average molecular weight is 500 g/mol. The molecule has 192 valence electrons. The summed E-state index contributed by atoms with van der Waals surface area (Å²) in [5.74, 6) is 1.76. The number of carbonyl (C=O) groups is 1. The van der Waals surface area contributed by atoms with Gasteiger partial charge in [-0.25, -0.2) is 4.98 Å². The second kappa shape index (κ2) is 9.97. The van der Waals surface area contributed by atoms with Crippen molar-refractivity contribution in [3.63, 3.8) is 0 Å². The Kier molecular flexibility index (Phi) is 6.38. The van der Waals surface area contributed by atoms with Gasteiger partial charge in [0, 0.05) is 54.6 Å². The normalized spacial score (nSPS) is 20.9. The van der Waals surface area contributed by atoms with E-state index in [-0.39, 0.29) is 24.0 Å². The van der Waals surface area contributed by atoms with E-state index in [1.165, 1.54) is 0 Å². The first-order valence-corrected chi connectivity index (χ1v) is 13.2. The maximum Gasteiger partial charge on any atom is 0.225 e. The molecule has 2 fully saturated rings. The number of anilines is 1. The quantitative estimate of drug-likeness (QED) is 0.382. The Balaban J connectivity index is 1.14. The number of fused-ring (bicyclic) bond motifs is 1. The van der Waals surface area contributed by atoms with E-state index >= 15 is 0 Å². The van der Waals surface area contributed by atoms with Crippen LogP contribution in [0.15, 0.2) is 48.9 Å². The van der Waals surface area contributed by atoms with Crippen molar-refractivity contribution in [2.75, 3.05) is 18.4 Å². The molecule has 1 aliphatic heterocycles. The summed E-state index contributed by atoms with van der Waals surface area (Å²) in [5.41, 5.74) is 4.29. The van der Waals surface area contributed by atoms with Gasteiger partial charge in [-0.05, 0) is 69.2 Å². The van der Waals surface area contributed by atoms with E-state index in [1.807, 2.05) is 30.3 Å². The molecule has 3 N–H and O–H groups in total. The minimum Gasteiger partial charge on any atom is -0.393 e. The second-order valence-corrected chi connectivity index (χ2v) is 10.3. The number of hydrogen-bond acceptors (Lipinski definition) is 6. The van der Waals surface area contributed by atoms with Gasteiger partial charge in [0.15, 0.2) is 0 Å². The first-order valence-electron chi connectivity index (χ1n) is 13.2. The highest BCUT2D eigenvalue weighted by atomic mass is 16.3. The monoisotopic (exact) mass is 499 g/mol. The van der Waals surface area contributed by atoms with Crippen molar-refractivity contribution < 1.29 is 9.90 Å². The van der Waals surface area contributed by atoms with Crippen LogP contribution in [0, 0.1) is 12.8 Å². The number of amides is 1. The molecule has 37 heavy (non-hydrogen) atoms. The molecule has 0 spiro atoms. The van der Waals surface area contributed by atoms with Gasteiger partial charge in [0.1, 0.15) is 5.82 Å². The van der Waals surface area contributed by atoms with Crippen LogP contribution in [-0.4, -0.2) is 65.9 Å². The van der Waals surface area contributed by atoms with Crippen molar-refractivity contribution in [1.82, 2.24) is 29.6 Å². The fourth-order valence-electron chi connectivity index (χ4n) is 5.80. The number of carbonyl (C=O) groups excluding carboxylic acids is 1. The lowest BCUT2D eigenvalue weighted by molar-refractivity contribution is -0.138. The van der Waals surface area contributed by atoms with E-state index in [4.69, 9.17) is 4.98 Å². The minimum atomic E-state index is -0.257. The number of aryl methyl sites for hydroxylation is 1. The molecule has 6 rings (SSSR count). The number of aromatic amines is 1. The van der Waals surface area contributed by atoms with Crippen LogP contribution in [-0.2, 0) is 4.79 Å². The van der Waals surface area contributed by atoms with Crippen LogP contribution >= 0.6 is 0 Å². The number of piperidine rings is 1. The van der Waals surface area contributed by atoms with Crippen LogP contribution in [0.4, 0.5) is 5.95 Å². The van der Waals surface area contributed by atoms with Crippen LogP contribution in [0.3, 0.4) is 0 Å². The molecule has 0 radical (unpaired) electrons. The van der Waals surface area contributed by atoms with Gasteiger partial charge in [-0.15, -0.1) is 0 Å². The van der Waals surface area contributed by atoms with Crippen molar-refractivity contribution in [3.8, 4) is 16.9 Å². The van der Waals surface area contributed by atoms with Gasteiger partial charge in [0.2, 0.25) is 11.9 Å². The fourth-order valence-corrected chi connectivity index (χ4v) is 5.80. The molecule has 3 aromatic heterocycles. The summed E-state index contributed by atoms with van der Waals surface area (Å²) < 4.78 is 2.09. The van der Waals surface area contributed by atoms with E-state index in [0.29, 0.717) is 31.9 Å². The highest BCUT2D eigenvalue weighted by Gasteiger charge is 2.31. The van der Waals surface area contributed by atoms with Gasteiger partial charge < -0.3 is 19.9 Å². The van der Waals surface area contributed by atoms with Gasteiger partial charge in [-0.1, -0.05) is 12.1 Å². The zero-order valence-electron chi connectivity index (χ0n) is 21.1. The van der Waals surface area contributed by atoms with Crippen molar-refractivity contribution in [1.29, 1.82) is 0 Å². The Hall–Kier alpha value is -3.72. The number of aliphatic hydroxyl groups is 1. The van der Waals surface area contributed by atoms with Crippen LogP contribution in [0.1, 0.15) is 44.2 Å². The summed E-state index contributed by atoms with van der Waals surface area (Å²) >= 11 is 0. The summed E-state index contributed by atoms with van der Waals surface area (Å²) in [6, 6.07) is 10.6. The Bertz CT molecular complexity index is 1390. The number of benzene rings is 1. The molecule has 4 aromatic rings. The molecule has 1 aliphatic carbocycles. The molecule has 1 saturated carbocycles. The van der Waals surface area contributed by atoms with Crippen LogP contribution in [0.25, 0.3) is 27.8 Å². The highest BCUT2D eigenvalue weighted by molar-refractivity contribution is 5.96. The molecule has 9 heteroatoms. The Morgan fingerprint density at radius 2 is 1.86 bits per heavy atom. The van der Waals surface area contributed by atoms with Crippen LogP contribution in [0.2, 0.25) is 0 Å². The number of hydrogen-bond donors (Lipinski definition) is 3. The SMILES string of the molecule is Cc1n[nH]cc1-c1cccc2c1ccn2-c1ccnc(N[C@H]2CC[C@H](C(=O)N3CCC(O)CC3)CC2)n1. The summed E-state index contributed by atoms with van der Waals surface area (Å²) in [6.07, 6.45) is 10.5. The summed E-state index contributed by atoms with van der Waals surface area (Å²) in [5, 5.41) is 21.6. The lowest BCUT2D eigenvalue weighted by Crippen LogP contribution is -2.44. The van der Waals surface area contributed by atoms with Crippen LogP contribution < -0.4 is 5.32 Å². The smallest absolute Gasteiger partial charge is 0.225 e. The number of aromatic nitrogens is 5. The van der Waals surface area contributed by atoms with Gasteiger partial charge in [0.05, 0.1) is 17.3 Å². The van der Waals surface area contributed by atoms with Crippen molar-refractivity contribution in [2.45, 2.75) is 57.6 Å². The third kappa shape index (κ3) is 4.71. The molecule has 4 heterocycles. The molecule has 1 saturated heterocycles. The summed E-state index contributed by atoms with van der Waals surface area (Å²) in [4.78, 5) is 24.2. The van der Waals surface area contributed by atoms with E-state index < -0.39 is 0 Å². The predicted molar refractivity (Wildman–Crippen MR) is 142 cm³/mol.